The third kappa shape index (κ3) is 4.34. The van der Waals surface area contributed by atoms with Crippen molar-refractivity contribution in [2.75, 3.05) is 6.54 Å². The predicted octanol–water partition coefficient (Wildman–Crippen LogP) is 1.14. The molecule has 1 aliphatic carbocycles. The maximum atomic E-state index is 12.3. The lowest BCUT2D eigenvalue weighted by Gasteiger charge is -2.31. The first-order valence-electron chi connectivity index (χ1n) is 8.81. The average Bonchev–Trinajstić information content (AvgIpc) is 2.62. The first-order valence-corrected chi connectivity index (χ1v) is 8.81. The molecule has 2 unspecified atom stereocenters. The van der Waals surface area contributed by atoms with E-state index in [1.54, 1.807) is 24.3 Å². The van der Waals surface area contributed by atoms with E-state index in [4.69, 9.17) is 5.73 Å². The Hall–Kier alpha value is -2.12. The largest absolute Gasteiger partial charge is 0.353 e. The third-order valence-electron chi connectivity index (χ3n) is 5.03. The van der Waals surface area contributed by atoms with E-state index >= 15 is 0 Å². The van der Waals surface area contributed by atoms with Crippen molar-refractivity contribution in [3.63, 3.8) is 0 Å². The Bertz CT molecular complexity index is 877. The molecule has 1 aliphatic rings. The van der Waals surface area contributed by atoms with Gasteiger partial charge in [0, 0.05) is 19.0 Å². The molecule has 1 aromatic carbocycles. The maximum Gasteiger partial charge on any atom is 0.328 e. The number of nitrogens with two attached hydrogens (primary N) is 1. The van der Waals surface area contributed by atoms with Crippen LogP contribution in [0.25, 0.3) is 10.9 Å². The highest BCUT2D eigenvalue weighted by Gasteiger charge is 2.25. The van der Waals surface area contributed by atoms with Crippen molar-refractivity contribution in [3.05, 3.63) is 45.1 Å². The number of nitrogens with one attached hydrogen (secondary N) is 2. The maximum absolute atomic E-state index is 12.3. The highest BCUT2D eigenvalue weighted by atomic mass is 35.5. The number of aromatic amines is 1. The standard InChI is InChI=1S/C18H24N4O3.ClH/c19-11-12-5-1-3-7-14(12)20-16(23)9-10-22-15-8-4-2-6-13(15)17(24)21-18(22)25;/h2,4,6,8,12,14H,1,3,5,7,9-11,19H2,(H,20,23)(H,21,24,25);1H. The second-order valence-electron chi connectivity index (χ2n) is 6.63. The number of aryl methyl sites for hydroxylation is 1. The number of aromatic nitrogens is 2. The molecule has 1 aromatic heterocycles. The molecular formula is C18H25ClN4O3. The van der Waals surface area contributed by atoms with Crippen LogP contribution in [0.3, 0.4) is 0 Å². The zero-order valence-corrected chi connectivity index (χ0v) is 15.4. The molecule has 1 heterocycles. The van der Waals surface area contributed by atoms with Gasteiger partial charge >= 0.3 is 5.69 Å². The first kappa shape index (κ1) is 20.2. The number of hydrogen-bond acceptors (Lipinski definition) is 4. The summed E-state index contributed by atoms with van der Waals surface area (Å²) in [5.74, 6) is 0.238. The number of rotatable bonds is 5. The molecule has 2 aromatic rings. The normalized spacial score (nSPS) is 19.7. The van der Waals surface area contributed by atoms with Crippen molar-refractivity contribution in [2.45, 2.75) is 44.7 Å². The van der Waals surface area contributed by atoms with Gasteiger partial charge in [-0.1, -0.05) is 25.0 Å². The average molecular weight is 381 g/mol. The number of carbonyl (C=O) groups excluding carboxylic acids is 1. The van der Waals surface area contributed by atoms with Gasteiger partial charge in [0.1, 0.15) is 0 Å². The van der Waals surface area contributed by atoms with Gasteiger partial charge in [-0.05, 0) is 37.4 Å². The van der Waals surface area contributed by atoms with Gasteiger partial charge in [0.2, 0.25) is 5.91 Å². The lowest BCUT2D eigenvalue weighted by molar-refractivity contribution is -0.122. The summed E-state index contributed by atoms with van der Waals surface area (Å²) in [4.78, 5) is 38.6. The molecule has 1 fully saturated rings. The molecule has 0 spiro atoms. The minimum atomic E-state index is -0.492. The van der Waals surface area contributed by atoms with Gasteiger partial charge in [-0.3, -0.25) is 19.1 Å². The lowest BCUT2D eigenvalue weighted by atomic mass is 9.84. The zero-order chi connectivity index (χ0) is 17.8. The topological polar surface area (TPSA) is 110 Å². The fourth-order valence-electron chi connectivity index (χ4n) is 3.64. The van der Waals surface area contributed by atoms with E-state index in [2.05, 4.69) is 10.3 Å². The van der Waals surface area contributed by atoms with Crippen LogP contribution in [-0.2, 0) is 11.3 Å². The van der Waals surface area contributed by atoms with Gasteiger partial charge in [-0.2, -0.15) is 0 Å². The van der Waals surface area contributed by atoms with Crippen molar-refractivity contribution in [1.29, 1.82) is 0 Å². The van der Waals surface area contributed by atoms with E-state index in [1.165, 1.54) is 4.57 Å². The van der Waals surface area contributed by atoms with Crippen molar-refractivity contribution in [3.8, 4) is 0 Å². The van der Waals surface area contributed by atoms with E-state index in [9.17, 15) is 14.4 Å². The Morgan fingerprint density at radius 1 is 1.23 bits per heavy atom. The van der Waals surface area contributed by atoms with Gasteiger partial charge in [0.05, 0.1) is 10.9 Å². The van der Waals surface area contributed by atoms with Gasteiger partial charge in [0.25, 0.3) is 5.56 Å². The quantitative estimate of drug-likeness (QED) is 0.722. The molecule has 4 N–H and O–H groups in total. The van der Waals surface area contributed by atoms with Crippen LogP contribution in [0, 0.1) is 5.92 Å². The van der Waals surface area contributed by atoms with Crippen molar-refractivity contribution in [1.82, 2.24) is 14.9 Å². The van der Waals surface area contributed by atoms with Gasteiger partial charge < -0.3 is 11.1 Å². The monoisotopic (exact) mass is 380 g/mol. The van der Waals surface area contributed by atoms with Crippen LogP contribution in [0.15, 0.2) is 33.9 Å². The molecule has 1 saturated carbocycles. The van der Waals surface area contributed by atoms with Crippen molar-refractivity contribution in [2.24, 2.45) is 11.7 Å². The van der Waals surface area contributed by atoms with E-state index < -0.39 is 11.2 Å². The molecule has 3 rings (SSSR count). The number of fused-ring (bicyclic) bond motifs is 1. The zero-order valence-electron chi connectivity index (χ0n) is 14.6. The first-order chi connectivity index (χ1) is 12.1. The molecule has 0 aliphatic heterocycles. The van der Waals surface area contributed by atoms with E-state index in [0.29, 0.717) is 23.4 Å². The molecule has 26 heavy (non-hydrogen) atoms. The Morgan fingerprint density at radius 3 is 2.73 bits per heavy atom. The van der Waals surface area contributed by atoms with Crippen LogP contribution in [-0.4, -0.2) is 28.0 Å². The van der Waals surface area contributed by atoms with Gasteiger partial charge in [-0.25, -0.2) is 4.79 Å². The smallest absolute Gasteiger partial charge is 0.328 e. The van der Waals surface area contributed by atoms with Crippen LogP contribution in [0.2, 0.25) is 0 Å². The van der Waals surface area contributed by atoms with E-state index in [1.807, 2.05) is 0 Å². The minimum Gasteiger partial charge on any atom is -0.353 e. The molecule has 142 valence electrons. The van der Waals surface area contributed by atoms with Crippen LogP contribution in [0.1, 0.15) is 32.1 Å². The number of H-pyrrole nitrogens is 1. The number of carbonyl (C=O) groups is 1. The fraction of sp³-hybridized carbons (Fsp3) is 0.500. The second-order valence-corrected chi connectivity index (χ2v) is 6.63. The number of benzene rings is 1. The molecule has 0 bridgehead atoms. The Morgan fingerprint density at radius 2 is 1.96 bits per heavy atom. The third-order valence-corrected chi connectivity index (χ3v) is 5.03. The second kappa shape index (κ2) is 9.00. The summed E-state index contributed by atoms with van der Waals surface area (Å²) in [6.45, 7) is 0.803. The summed E-state index contributed by atoms with van der Waals surface area (Å²) in [6.07, 6.45) is 4.45. The molecule has 1 amide bonds. The van der Waals surface area contributed by atoms with Crippen molar-refractivity contribution < 1.29 is 4.79 Å². The summed E-state index contributed by atoms with van der Waals surface area (Å²) >= 11 is 0. The molecule has 8 heteroatoms. The summed E-state index contributed by atoms with van der Waals surface area (Å²) in [7, 11) is 0. The van der Waals surface area contributed by atoms with Crippen molar-refractivity contribution >= 4 is 29.2 Å². The number of hydrogen-bond donors (Lipinski definition) is 3. The van der Waals surface area contributed by atoms with Crippen LogP contribution < -0.4 is 22.3 Å². The Labute approximate surface area is 157 Å². The summed E-state index contributed by atoms with van der Waals surface area (Å²) < 4.78 is 1.44. The molecule has 2 atom stereocenters. The van der Waals surface area contributed by atoms with E-state index in [0.717, 1.165) is 25.7 Å². The number of amides is 1. The SMILES string of the molecule is Cl.NCC1CCCCC1NC(=O)CCn1c(=O)[nH]c(=O)c2ccccc21. The molecular weight excluding hydrogens is 356 g/mol. The molecule has 0 saturated heterocycles. The summed E-state index contributed by atoms with van der Waals surface area (Å²) in [6, 6.07) is 7.02. The fourth-order valence-corrected chi connectivity index (χ4v) is 3.64. The minimum absolute atomic E-state index is 0. The molecule has 0 radical (unpaired) electrons. The summed E-state index contributed by atoms with van der Waals surface area (Å²) in [5.41, 5.74) is 5.44. The van der Waals surface area contributed by atoms with Gasteiger partial charge in [-0.15, -0.1) is 12.4 Å². The number of halogens is 1. The molecule has 7 nitrogen and oxygen atoms in total. The van der Waals surface area contributed by atoms with Crippen LogP contribution in [0.5, 0.6) is 0 Å². The Balaban J connectivity index is 0.00000243. The lowest BCUT2D eigenvalue weighted by Crippen LogP contribution is -2.45. The predicted molar refractivity (Wildman–Crippen MR) is 104 cm³/mol. The van der Waals surface area contributed by atoms with E-state index in [-0.39, 0.29) is 37.3 Å². The number of para-hydroxylation sites is 1. The highest BCUT2D eigenvalue weighted by Crippen LogP contribution is 2.23. The number of nitrogens with zero attached hydrogens (tertiary/aromatic N) is 1. The van der Waals surface area contributed by atoms with Gasteiger partial charge in [0.15, 0.2) is 0 Å². The highest BCUT2D eigenvalue weighted by molar-refractivity contribution is 5.85. The summed E-state index contributed by atoms with van der Waals surface area (Å²) in [5, 5.41) is 3.51. The van der Waals surface area contributed by atoms with Crippen LogP contribution in [0.4, 0.5) is 0 Å². The van der Waals surface area contributed by atoms with Crippen LogP contribution >= 0.6 is 12.4 Å². The Kier molecular flexibility index (Phi) is 6.99.